The molecule has 1 saturated heterocycles. The topological polar surface area (TPSA) is 24.1 Å². The second-order valence-electron chi connectivity index (χ2n) is 6.12. The lowest BCUT2D eigenvalue weighted by molar-refractivity contribution is 0.607. The zero-order valence-electron chi connectivity index (χ0n) is 12.9. The van der Waals surface area contributed by atoms with Crippen LogP contribution in [-0.2, 0) is 6.54 Å². The Morgan fingerprint density at radius 1 is 0.955 bits per heavy atom. The van der Waals surface area contributed by atoms with Crippen molar-refractivity contribution in [2.24, 2.45) is 0 Å². The van der Waals surface area contributed by atoms with E-state index in [0.29, 0.717) is 0 Å². The first-order valence-electron chi connectivity index (χ1n) is 8.25. The molecule has 0 aromatic heterocycles. The van der Waals surface area contributed by atoms with Crippen LogP contribution in [0.1, 0.15) is 30.4 Å². The lowest BCUT2D eigenvalue weighted by Crippen LogP contribution is -2.25. The number of piperidine rings is 1. The van der Waals surface area contributed by atoms with E-state index in [4.69, 9.17) is 0 Å². The normalized spacial score (nSPS) is 20.9. The summed E-state index contributed by atoms with van der Waals surface area (Å²) in [4.78, 5) is 0. The van der Waals surface area contributed by atoms with Gasteiger partial charge in [0.25, 0.3) is 0 Å². The zero-order valence-corrected chi connectivity index (χ0v) is 12.9. The number of nitrogens with one attached hydrogen (secondary N) is 2. The Kier molecular flexibility index (Phi) is 3.69. The highest BCUT2D eigenvalue weighted by Crippen LogP contribution is 2.37. The first kappa shape index (κ1) is 13.6. The Balaban J connectivity index is 1.92. The van der Waals surface area contributed by atoms with Crippen LogP contribution in [0.3, 0.4) is 0 Å². The molecule has 2 nitrogen and oxygen atoms in total. The minimum atomic E-state index is 0.941. The fourth-order valence-corrected chi connectivity index (χ4v) is 3.65. The van der Waals surface area contributed by atoms with Crippen molar-refractivity contribution in [1.29, 1.82) is 0 Å². The van der Waals surface area contributed by atoms with E-state index in [2.05, 4.69) is 59.2 Å². The first-order valence-corrected chi connectivity index (χ1v) is 8.25. The molecule has 2 heteroatoms. The van der Waals surface area contributed by atoms with E-state index in [0.717, 1.165) is 38.9 Å². The molecule has 0 bridgehead atoms. The molecule has 22 heavy (non-hydrogen) atoms. The van der Waals surface area contributed by atoms with E-state index in [9.17, 15) is 0 Å². The third kappa shape index (κ3) is 2.44. The number of hydrogen-bond acceptors (Lipinski definition) is 2. The predicted molar refractivity (Wildman–Crippen MR) is 92.2 cm³/mol. The van der Waals surface area contributed by atoms with Gasteiger partial charge < -0.3 is 10.6 Å². The molecule has 0 atom stereocenters. The van der Waals surface area contributed by atoms with Gasteiger partial charge in [0.1, 0.15) is 0 Å². The average molecular weight is 290 g/mol. The summed E-state index contributed by atoms with van der Waals surface area (Å²) in [7, 11) is 0. The van der Waals surface area contributed by atoms with Crippen molar-refractivity contribution in [2.45, 2.75) is 25.8 Å². The third-order valence-electron chi connectivity index (χ3n) is 4.77. The number of allylic oxidation sites excluding steroid dienone is 6. The SMILES string of the molecule is C1=CCC2=C(C(=C3CCNCC3)C=C1)c1ccccc1CN2. The molecule has 2 aliphatic heterocycles. The van der Waals surface area contributed by atoms with Crippen LogP contribution >= 0.6 is 0 Å². The van der Waals surface area contributed by atoms with Crippen LogP contribution in [0.5, 0.6) is 0 Å². The molecule has 0 saturated carbocycles. The predicted octanol–water partition coefficient (Wildman–Crippen LogP) is 3.70. The van der Waals surface area contributed by atoms with Crippen LogP contribution in [0.2, 0.25) is 0 Å². The van der Waals surface area contributed by atoms with Gasteiger partial charge >= 0.3 is 0 Å². The second-order valence-corrected chi connectivity index (χ2v) is 6.12. The summed E-state index contributed by atoms with van der Waals surface area (Å²) in [6.45, 7) is 3.14. The van der Waals surface area contributed by atoms with Gasteiger partial charge in [-0.1, -0.05) is 54.1 Å². The highest BCUT2D eigenvalue weighted by Gasteiger charge is 2.22. The summed E-state index contributed by atoms with van der Waals surface area (Å²) in [5.74, 6) is 0. The minimum Gasteiger partial charge on any atom is -0.383 e. The molecule has 1 fully saturated rings. The van der Waals surface area contributed by atoms with Crippen molar-refractivity contribution in [3.63, 3.8) is 0 Å². The van der Waals surface area contributed by atoms with Gasteiger partial charge in [0, 0.05) is 24.2 Å². The number of fused-ring (bicyclic) bond motifs is 2. The quantitative estimate of drug-likeness (QED) is 0.761. The maximum absolute atomic E-state index is 3.66. The maximum atomic E-state index is 3.66. The van der Waals surface area contributed by atoms with Gasteiger partial charge in [-0.25, -0.2) is 0 Å². The molecule has 2 N–H and O–H groups in total. The van der Waals surface area contributed by atoms with Crippen molar-refractivity contribution in [2.75, 3.05) is 13.1 Å². The molecule has 4 rings (SSSR count). The lowest BCUT2D eigenvalue weighted by Gasteiger charge is -2.29. The molecule has 1 aliphatic carbocycles. The van der Waals surface area contributed by atoms with E-state index in [1.54, 1.807) is 5.57 Å². The molecule has 0 amide bonds. The van der Waals surface area contributed by atoms with Gasteiger partial charge in [0.2, 0.25) is 0 Å². The smallest absolute Gasteiger partial charge is 0.0404 e. The van der Waals surface area contributed by atoms with Crippen LogP contribution in [-0.4, -0.2) is 13.1 Å². The Morgan fingerprint density at radius 3 is 2.73 bits per heavy atom. The lowest BCUT2D eigenvalue weighted by atomic mass is 9.83. The van der Waals surface area contributed by atoms with E-state index >= 15 is 0 Å². The second kappa shape index (κ2) is 5.98. The van der Waals surface area contributed by atoms with Crippen LogP contribution in [0.25, 0.3) is 5.57 Å². The number of rotatable bonds is 0. The fourth-order valence-electron chi connectivity index (χ4n) is 3.65. The van der Waals surface area contributed by atoms with E-state index in [-0.39, 0.29) is 0 Å². The average Bonchev–Trinajstić information content (AvgIpc) is 2.56. The molecule has 0 spiro atoms. The van der Waals surface area contributed by atoms with Crippen LogP contribution in [0.15, 0.2) is 65.4 Å². The molecule has 2 heterocycles. The van der Waals surface area contributed by atoms with Gasteiger partial charge in [-0.2, -0.15) is 0 Å². The van der Waals surface area contributed by atoms with E-state index in [1.165, 1.54) is 28.0 Å². The molecular weight excluding hydrogens is 268 g/mol. The largest absolute Gasteiger partial charge is 0.383 e. The van der Waals surface area contributed by atoms with Crippen molar-refractivity contribution in [1.82, 2.24) is 10.6 Å². The van der Waals surface area contributed by atoms with Gasteiger partial charge in [-0.3, -0.25) is 0 Å². The Morgan fingerprint density at radius 2 is 1.82 bits per heavy atom. The first-order chi connectivity index (χ1) is 10.9. The number of hydrogen-bond donors (Lipinski definition) is 2. The Bertz CT molecular complexity index is 696. The summed E-state index contributed by atoms with van der Waals surface area (Å²) in [6, 6.07) is 8.83. The standard InChI is InChI=1S/C20H22N2/c1-2-7-17(15-10-12-21-13-11-15)20-18-8-5-4-6-16(18)14-22-19(20)9-3-1/h1-8,21-22H,9-14H2. The summed E-state index contributed by atoms with van der Waals surface area (Å²) in [6.07, 6.45) is 12.2. The summed E-state index contributed by atoms with van der Waals surface area (Å²) < 4.78 is 0. The van der Waals surface area contributed by atoms with Crippen molar-refractivity contribution >= 4 is 5.57 Å². The molecular formula is C20H22N2. The molecule has 112 valence electrons. The molecule has 0 unspecified atom stereocenters. The van der Waals surface area contributed by atoms with Gasteiger partial charge in [0.05, 0.1) is 0 Å². The third-order valence-corrected chi connectivity index (χ3v) is 4.77. The number of benzene rings is 1. The molecule has 1 aromatic rings. The highest BCUT2D eigenvalue weighted by molar-refractivity contribution is 5.87. The maximum Gasteiger partial charge on any atom is 0.0404 e. The summed E-state index contributed by atoms with van der Waals surface area (Å²) >= 11 is 0. The van der Waals surface area contributed by atoms with Crippen molar-refractivity contribution in [3.05, 3.63) is 76.5 Å². The Labute approximate surface area is 132 Å². The Hall–Kier alpha value is -2.06. The minimum absolute atomic E-state index is 0.941. The van der Waals surface area contributed by atoms with Crippen LogP contribution < -0.4 is 10.6 Å². The van der Waals surface area contributed by atoms with Gasteiger partial charge in [-0.15, -0.1) is 0 Å². The van der Waals surface area contributed by atoms with E-state index < -0.39 is 0 Å². The van der Waals surface area contributed by atoms with Gasteiger partial charge in [-0.05, 0) is 42.6 Å². The summed E-state index contributed by atoms with van der Waals surface area (Å²) in [5, 5.41) is 7.13. The van der Waals surface area contributed by atoms with Crippen LogP contribution in [0.4, 0.5) is 0 Å². The fraction of sp³-hybridized carbons (Fsp3) is 0.300. The van der Waals surface area contributed by atoms with Crippen molar-refractivity contribution in [3.8, 4) is 0 Å². The van der Waals surface area contributed by atoms with Gasteiger partial charge in [0.15, 0.2) is 0 Å². The molecule has 3 aliphatic rings. The van der Waals surface area contributed by atoms with Crippen LogP contribution in [0, 0.1) is 0 Å². The molecule has 1 aromatic carbocycles. The highest BCUT2D eigenvalue weighted by atomic mass is 14.9. The molecule has 0 radical (unpaired) electrons. The monoisotopic (exact) mass is 290 g/mol. The zero-order chi connectivity index (χ0) is 14.8. The van der Waals surface area contributed by atoms with Crippen molar-refractivity contribution < 1.29 is 0 Å². The summed E-state index contributed by atoms with van der Waals surface area (Å²) in [5.41, 5.74) is 8.67. The van der Waals surface area contributed by atoms with E-state index in [1.807, 2.05) is 0 Å².